The van der Waals surface area contributed by atoms with E-state index in [2.05, 4.69) is 21.6 Å². The molecule has 0 fully saturated rings. The number of furan rings is 1. The molecule has 164 valence electrons. The minimum absolute atomic E-state index is 0.105. The highest BCUT2D eigenvalue weighted by Gasteiger charge is 2.19. The number of benzene rings is 2. The molecule has 0 aliphatic rings. The lowest BCUT2D eigenvalue weighted by atomic mass is 10.1. The van der Waals surface area contributed by atoms with Crippen molar-refractivity contribution >= 4 is 23.4 Å². The molecule has 7 nitrogen and oxygen atoms in total. The zero-order chi connectivity index (χ0) is 22.5. The molecule has 4 rings (SSSR count). The van der Waals surface area contributed by atoms with Crippen molar-refractivity contribution in [3.63, 3.8) is 0 Å². The molecule has 1 amide bonds. The zero-order valence-corrected chi connectivity index (χ0v) is 19.0. The molecule has 0 aliphatic carbocycles. The molecule has 0 radical (unpaired) electrons. The van der Waals surface area contributed by atoms with Gasteiger partial charge in [-0.15, -0.1) is 10.2 Å². The standard InChI is InChI=1S/C24H24N4O3S/c1-16-11-17(2)13-18(12-16)25-22(29)15-32-24-27-26-23(20-8-4-5-9-21(20)30-3)28(24)14-19-7-6-10-31-19/h4-13H,14-15H2,1-3H3,(H,25,29). The van der Waals surface area contributed by atoms with E-state index in [1.165, 1.54) is 11.8 Å². The summed E-state index contributed by atoms with van der Waals surface area (Å²) in [5.41, 5.74) is 3.82. The first-order valence-electron chi connectivity index (χ1n) is 10.1. The SMILES string of the molecule is COc1ccccc1-c1nnc(SCC(=O)Nc2cc(C)cc(C)c2)n1Cc1ccco1. The summed E-state index contributed by atoms with van der Waals surface area (Å²) in [6.45, 7) is 4.45. The van der Waals surface area contributed by atoms with Gasteiger partial charge in [0.25, 0.3) is 0 Å². The van der Waals surface area contributed by atoms with Crippen LogP contribution in [0.3, 0.4) is 0 Å². The first-order chi connectivity index (χ1) is 15.5. The molecule has 0 saturated carbocycles. The van der Waals surface area contributed by atoms with E-state index in [1.54, 1.807) is 13.4 Å². The maximum Gasteiger partial charge on any atom is 0.234 e. The van der Waals surface area contributed by atoms with Gasteiger partial charge in [-0.3, -0.25) is 9.36 Å². The number of anilines is 1. The van der Waals surface area contributed by atoms with Gasteiger partial charge in [0.1, 0.15) is 11.5 Å². The predicted octanol–water partition coefficient (Wildman–Crippen LogP) is 4.94. The normalized spacial score (nSPS) is 10.8. The van der Waals surface area contributed by atoms with Crippen molar-refractivity contribution in [1.29, 1.82) is 0 Å². The molecule has 0 unspecified atom stereocenters. The topological polar surface area (TPSA) is 82.2 Å². The van der Waals surface area contributed by atoms with Crippen molar-refractivity contribution in [2.75, 3.05) is 18.2 Å². The Bertz CT molecular complexity index is 1200. The monoisotopic (exact) mass is 448 g/mol. The number of carbonyl (C=O) groups excluding carboxylic acids is 1. The Labute approximate surface area is 190 Å². The number of hydrogen-bond donors (Lipinski definition) is 1. The van der Waals surface area contributed by atoms with Crippen molar-refractivity contribution in [2.45, 2.75) is 25.5 Å². The third-order valence-electron chi connectivity index (χ3n) is 4.80. The van der Waals surface area contributed by atoms with E-state index in [-0.39, 0.29) is 11.7 Å². The second-order valence-corrected chi connectivity index (χ2v) is 8.33. The van der Waals surface area contributed by atoms with Crippen LogP contribution in [-0.2, 0) is 11.3 Å². The molecule has 4 aromatic rings. The minimum atomic E-state index is -0.105. The summed E-state index contributed by atoms with van der Waals surface area (Å²) in [6.07, 6.45) is 1.63. The fraction of sp³-hybridized carbons (Fsp3) is 0.208. The molecule has 0 atom stereocenters. The van der Waals surface area contributed by atoms with Crippen molar-refractivity contribution in [3.8, 4) is 17.1 Å². The van der Waals surface area contributed by atoms with E-state index in [0.717, 1.165) is 28.1 Å². The van der Waals surface area contributed by atoms with E-state index in [9.17, 15) is 4.79 Å². The number of aryl methyl sites for hydroxylation is 2. The highest BCUT2D eigenvalue weighted by atomic mass is 32.2. The number of aromatic nitrogens is 3. The van der Waals surface area contributed by atoms with Gasteiger partial charge in [-0.05, 0) is 61.4 Å². The van der Waals surface area contributed by atoms with Crippen LogP contribution in [0.5, 0.6) is 5.75 Å². The summed E-state index contributed by atoms with van der Waals surface area (Å²) in [6, 6.07) is 17.4. The van der Waals surface area contributed by atoms with Gasteiger partial charge in [0.05, 0.1) is 31.2 Å². The molecular weight excluding hydrogens is 424 g/mol. The van der Waals surface area contributed by atoms with Gasteiger partial charge in [-0.1, -0.05) is 30.0 Å². The Morgan fingerprint density at radius 3 is 2.59 bits per heavy atom. The second kappa shape index (κ2) is 9.74. The molecule has 2 aromatic carbocycles. The molecule has 2 heterocycles. The molecule has 32 heavy (non-hydrogen) atoms. The predicted molar refractivity (Wildman–Crippen MR) is 125 cm³/mol. The third-order valence-corrected chi connectivity index (χ3v) is 5.76. The number of nitrogens with one attached hydrogen (secondary N) is 1. The highest BCUT2D eigenvalue weighted by Crippen LogP contribution is 2.31. The number of methoxy groups -OCH3 is 1. The van der Waals surface area contributed by atoms with E-state index < -0.39 is 0 Å². The van der Waals surface area contributed by atoms with Crippen LogP contribution in [0.15, 0.2) is 70.4 Å². The summed E-state index contributed by atoms with van der Waals surface area (Å²) in [5, 5.41) is 12.3. The van der Waals surface area contributed by atoms with Crippen LogP contribution in [0.1, 0.15) is 16.9 Å². The van der Waals surface area contributed by atoms with Crippen LogP contribution >= 0.6 is 11.8 Å². The lowest BCUT2D eigenvalue weighted by Crippen LogP contribution is -2.15. The lowest BCUT2D eigenvalue weighted by Gasteiger charge is -2.11. The summed E-state index contributed by atoms with van der Waals surface area (Å²) < 4.78 is 13.0. The molecular formula is C24H24N4O3S. The maximum absolute atomic E-state index is 12.6. The largest absolute Gasteiger partial charge is 0.496 e. The van der Waals surface area contributed by atoms with Gasteiger partial charge in [-0.25, -0.2) is 0 Å². The van der Waals surface area contributed by atoms with E-state index in [4.69, 9.17) is 9.15 Å². The molecule has 0 aliphatic heterocycles. The highest BCUT2D eigenvalue weighted by molar-refractivity contribution is 7.99. The summed E-state index contributed by atoms with van der Waals surface area (Å²) in [4.78, 5) is 12.6. The maximum atomic E-state index is 12.6. The Morgan fingerprint density at radius 1 is 1.09 bits per heavy atom. The van der Waals surface area contributed by atoms with Crippen LogP contribution < -0.4 is 10.1 Å². The first kappa shape index (κ1) is 21.7. The summed E-state index contributed by atoms with van der Waals surface area (Å²) in [7, 11) is 1.62. The van der Waals surface area contributed by atoms with Crippen LogP contribution in [0.4, 0.5) is 5.69 Å². The van der Waals surface area contributed by atoms with Gasteiger partial charge < -0.3 is 14.5 Å². The summed E-state index contributed by atoms with van der Waals surface area (Å²) in [5.74, 6) is 2.21. The van der Waals surface area contributed by atoms with Gasteiger partial charge >= 0.3 is 0 Å². The van der Waals surface area contributed by atoms with Crippen molar-refractivity contribution in [2.24, 2.45) is 0 Å². The number of para-hydroxylation sites is 1. The quantitative estimate of drug-likeness (QED) is 0.384. The van der Waals surface area contributed by atoms with Gasteiger partial charge in [0.15, 0.2) is 11.0 Å². The molecule has 0 saturated heterocycles. The first-order valence-corrected chi connectivity index (χ1v) is 11.1. The van der Waals surface area contributed by atoms with Crippen LogP contribution in [0, 0.1) is 13.8 Å². The number of nitrogens with zero attached hydrogens (tertiary/aromatic N) is 3. The Morgan fingerprint density at radius 2 is 1.88 bits per heavy atom. The van der Waals surface area contributed by atoms with Crippen LogP contribution in [-0.4, -0.2) is 33.5 Å². The third kappa shape index (κ3) is 5.03. The van der Waals surface area contributed by atoms with E-state index in [1.807, 2.05) is 66.9 Å². The van der Waals surface area contributed by atoms with Crippen LogP contribution in [0.2, 0.25) is 0 Å². The Kier molecular flexibility index (Phi) is 6.61. The van der Waals surface area contributed by atoms with Gasteiger partial charge in [0, 0.05) is 5.69 Å². The van der Waals surface area contributed by atoms with Gasteiger partial charge in [0.2, 0.25) is 5.91 Å². The van der Waals surface area contributed by atoms with Crippen molar-refractivity contribution in [1.82, 2.24) is 14.8 Å². The summed E-state index contributed by atoms with van der Waals surface area (Å²) >= 11 is 1.33. The average Bonchev–Trinajstić information content (AvgIpc) is 3.42. The molecule has 2 aromatic heterocycles. The number of hydrogen-bond acceptors (Lipinski definition) is 6. The van der Waals surface area contributed by atoms with Crippen LogP contribution in [0.25, 0.3) is 11.4 Å². The fourth-order valence-electron chi connectivity index (χ4n) is 3.50. The average molecular weight is 449 g/mol. The number of thioether (sulfide) groups is 1. The zero-order valence-electron chi connectivity index (χ0n) is 18.2. The molecule has 8 heteroatoms. The smallest absolute Gasteiger partial charge is 0.234 e. The number of ether oxygens (including phenoxy) is 1. The van der Waals surface area contributed by atoms with Crippen molar-refractivity contribution < 1.29 is 13.9 Å². The molecule has 0 bridgehead atoms. The second-order valence-electron chi connectivity index (χ2n) is 7.39. The fourth-order valence-corrected chi connectivity index (χ4v) is 4.24. The molecule has 1 N–H and O–H groups in total. The molecule has 0 spiro atoms. The number of rotatable bonds is 8. The number of carbonyl (C=O) groups is 1. The Balaban J connectivity index is 1.56. The van der Waals surface area contributed by atoms with Crippen molar-refractivity contribution in [3.05, 3.63) is 77.7 Å². The van der Waals surface area contributed by atoms with Gasteiger partial charge in [-0.2, -0.15) is 0 Å². The lowest BCUT2D eigenvalue weighted by molar-refractivity contribution is -0.113. The number of amides is 1. The van der Waals surface area contributed by atoms with E-state index in [0.29, 0.717) is 23.3 Å². The van der Waals surface area contributed by atoms with E-state index >= 15 is 0 Å². The Hall–Kier alpha value is -3.52. The minimum Gasteiger partial charge on any atom is -0.496 e.